The van der Waals surface area contributed by atoms with Crippen LogP contribution in [0, 0.1) is 10.4 Å². The quantitative estimate of drug-likeness (QED) is 0.679. The SMILES string of the molecule is C1=CC[C]([Zr][N]2CC=c3ccc4c(c32)C=c2ccccc2=4)=C1. The predicted molar refractivity (Wildman–Crippen MR) is 87.0 cm³/mol. The second-order valence-corrected chi connectivity index (χ2v) is 9.40. The van der Waals surface area contributed by atoms with Crippen LogP contribution in [0.3, 0.4) is 0 Å². The molecule has 0 saturated heterocycles. The van der Waals surface area contributed by atoms with Gasteiger partial charge in [0.15, 0.2) is 0 Å². The zero-order valence-electron chi connectivity index (χ0n) is 12.2. The molecule has 0 spiro atoms. The van der Waals surface area contributed by atoms with E-state index in [4.69, 9.17) is 0 Å². The molecule has 2 aromatic carbocycles. The number of rotatable bonds is 2. The Kier molecular flexibility index (Phi) is 2.88. The van der Waals surface area contributed by atoms with Crippen LogP contribution >= 0.6 is 0 Å². The van der Waals surface area contributed by atoms with Crippen LogP contribution in [0.2, 0.25) is 0 Å². The van der Waals surface area contributed by atoms with Gasteiger partial charge in [0.25, 0.3) is 0 Å². The van der Waals surface area contributed by atoms with Crippen molar-refractivity contribution in [2.45, 2.75) is 6.42 Å². The molecule has 0 radical (unpaired) electrons. The summed E-state index contributed by atoms with van der Waals surface area (Å²) in [6, 6.07) is 13.4. The van der Waals surface area contributed by atoms with Gasteiger partial charge in [0.05, 0.1) is 0 Å². The molecule has 0 aromatic heterocycles. The van der Waals surface area contributed by atoms with Gasteiger partial charge in [-0.1, -0.05) is 0 Å². The van der Waals surface area contributed by atoms with E-state index < -0.39 is 23.5 Å². The van der Waals surface area contributed by atoms with E-state index in [-0.39, 0.29) is 0 Å². The molecule has 0 amide bonds. The molecule has 1 heterocycles. The summed E-state index contributed by atoms with van der Waals surface area (Å²) in [5, 5.41) is 5.59. The molecule has 0 unspecified atom stereocenters. The molecule has 2 aliphatic carbocycles. The molecule has 2 aromatic rings. The van der Waals surface area contributed by atoms with E-state index in [1.807, 2.05) is 0 Å². The fraction of sp³-hybridized carbons (Fsp3) is 0.100. The Morgan fingerprint density at radius 2 is 1.91 bits per heavy atom. The van der Waals surface area contributed by atoms with Crippen molar-refractivity contribution >= 4 is 17.8 Å². The van der Waals surface area contributed by atoms with Crippen molar-refractivity contribution in [3.63, 3.8) is 0 Å². The third-order valence-electron chi connectivity index (χ3n) is 4.61. The van der Waals surface area contributed by atoms with E-state index in [9.17, 15) is 0 Å². The van der Waals surface area contributed by atoms with Crippen molar-refractivity contribution in [2.24, 2.45) is 0 Å². The number of hydrogen-bond acceptors (Lipinski definition) is 1. The Hall–Kier alpha value is -1.66. The summed E-state index contributed by atoms with van der Waals surface area (Å²) in [5.74, 6) is 0. The summed E-state index contributed by atoms with van der Waals surface area (Å²) >= 11 is -0.683. The average Bonchev–Trinajstić information content (AvgIpc) is 3.25. The number of fused-ring (bicyclic) bond motifs is 4. The van der Waals surface area contributed by atoms with Crippen molar-refractivity contribution in [3.05, 3.63) is 84.3 Å². The van der Waals surface area contributed by atoms with Gasteiger partial charge in [0.1, 0.15) is 0 Å². The Balaban J connectivity index is 1.70. The third kappa shape index (κ3) is 1.87. The van der Waals surface area contributed by atoms with Crippen molar-refractivity contribution in [2.75, 3.05) is 9.39 Å². The molecule has 22 heavy (non-hydrogen) atoms. The van der Waals surface area contributed by atoms with Gasteiger partial charge in [-0.05, 0) is 0 Å². The normalized spacial score (nSPS) is 16.5. The van der Waals surface area contributed by atoms with E-state index in [0.29, 0.717) is 0 Å². The number of anilines is 1. The van der Waals surface area contributed by atoms with Gasteiger partial charge in [-0.25, -0.2) is 0 Å². The molecular formula is C20H15NZr. The van der Waals surface area contributed by atoms with Crippen molar-refractivity contribution in [1.82, 2.24) is 0 Å². The molecule has 5 rings (SSSR count). The Bertz CT molecular complexity index is 1060. The molecule has 0 fully saturated rings. The monoisotopic (exact) mass is 359 g/mol. The maximum atomic E-state index is 2.69. The third-order valence-corrected chi connectivity index (χ3v) is 7.89. The molecule has 3 aliphatic rings. The summed E-state index contributed by atoms with van der Waals surface area (Å²) in [7, 11) is 0. The first-order valence-corrected chi connectivity index (χ1v) is 10.1. The summed E-state index contributed by atoms with van der Waals surface area (Å²) in [4.78, 5) is 0. The number of benzene rings is 2. The zero-order chi connectivity index (χ0) is 14.5. The van der Waals surface area contributed by atoms with Crippen LogP contribution < -0.4 is 13.3 Å². The van der Waals surface area contributed by atoms with Crippen LogP contribution in [0.4, 0.5) is 5.69 Å². The molecule has 0 N–H and O–H groups in total. The van der Waals surface area contributed by atoms with Crippen LogP contribution in [0.5, 0.6) is 0 Å². The van der Waals surface area contributed by atoms with Gasteiger partial charge >= 0.3 is 142 Å². The van der Waals surface area contributed by atoms with Gasteiger partial charge in [-0.15, -0.1) is 0 Å². The average molecular weight is 361 g/mol. The van der Waals surface area contributed by atoms with Crippen molar-refractivity contribution in [1.29, 1.82) is 0 Å². The predicted octanol–water partition coefficient (Wildman–Crippen LogP) is 2.56. The van der Waals surface area contributed by atoms with Gasteiger partial charge in [0.2, 0.25) is 0 Å². The van der Waals surface area contributed by atoms with E-state index >= 15 is 0 Å². The second-order valence-electron chi connectivity index (χ2n) is 5.95. The number of allylic oxidation sites excluding steroid dienone is 4. The molecule has 0 saturated carbocycles. The van der Waals surface area contributed by atoms with Gasteiger partial charge in [-0.3, -0.25) is 0 Å². The molecule has 1 aliphatic heterocycles. The van der Waals surface area contributed by atoms with Crippen LogP contribution in [0.25, 0.3) is 12.2 Å². The first kappa shape index (κ1) is 12.8. The topological polar surface area (TPSA) is 3.24 Å². The Morgan fingerprint density at radius 3 is 2.82 bits per heavy atom. The van der Waals surface area contributed by atoms with Crippen molar-refractivity contribution < 1.29 is 23.5 Å². The summed E-state index contributed by atoms with van der Waals surface area (Å²) in [6.07, 6.45) is 12.8. The summed E-state index contributed by atoms with van der Waals surface area (Å²) in [6.45, 7) is 1.10. The summed E-state index contributed by atoms with van der Waals surface area (Å²) < 4.78 is 4.37. The van der Waals surface area contributed by atoms with E-state index in [1.165, 1.54) is 38.5 Å². The maximum absolute atomic E-state index is 2.69. The molecule has 104 valence electrons. The number of nitrogens with zero attached hydrogens (tertiary/aromatic N) is 1. The fourth-order valence-electron chi connectivity index (χ4n) is 3.58. The molecule has 2 heteroatoms. The minimum atomic E-state index is -0.683. The van der Waals surface area contributed by atoms with Gasteiger partial charge in [-0.2, -0.15) is 0 Å². The number of hydrogen-bond donors (Lipinski definition) is 0. The van der Waals surface area contributed by atoms with Crippen LogP contribution in [-0.4, -0.2) is 6.54 Å². The Labute approximate surface area is 141 Å². The van der Waals surface area contributed by atoms with Crippen LogP contribution in [-0.2, 0) is 23.5 Å². The first-order chi connectivity index (χ1) is 10.9. The first-order valence-electron chi connectivity index (χ1n) is 7.74. The molecule has 1 nitrogen and oxygen atoms in total. The molecular weight excluding hydrogens is 345 g/mol. The van der Waals surface area contributed by atoms with E-state index in [0.717, 1.165) is 6.54 Å². The van der Waals surface area contributed by atoms with E-state index in [2.05, 4.69) is 69.6 Å². The van der Waals surface area contributed by atoms with Crippen molar-refractivity contribution in [3.8, 4) is 0 Å². The molecule has 0 bridgehead atoms. The van der Waals surface area contributed by atoms with Crippen LogP contribution in [0.15, 0.2) is 57.9 Å². The van der Waals surface area contributed by atoms with E-state index in [1.54, 1.807) is 3.28 Å². The zero-order valence-corrected chi connectivity index (χ0v) is 14.7. The van der Waals surface area contributed by atoms with Gasteiger partial charge in [0, 0.05) is 0 Å². The fourth-order valence-corrected chi connectivity index (χ4v) is 6.70. The summed E-state index contributed by atoms with van der Waals surface area (Å²) in [5.41, 5.74) is 2.94. The minimum absolute atomic E-state index is 0.683. The standard InChI is InChI=1S/C15H10N.C5H5.Zr/c1-2-4-12-11(3-1)9-14-13(12)6-5-10-7-8-16-15(10)14;1-2-4-5-3-1;/h1-7,9H,8H2;1-3H,4H2;/q-1;;+1. The van der Waals surface area contributed by atoms with Crippen LogP contribution in [0.1, 0.15) is 12.0 Å². The second kappa shape index (κ2) is 4.93. The van der Waals surface area contributed by atoms with Gasteiger partial charge < -0.3 is 0 Å². The Morgan fingerprint density at radius 1 is 0.955 bits per heavy atom. The molecule has 0 atom stereocenters.